The first-order chi connectivity index (χ1) is 17.3. The summed E-state index contributed by atoms with van der Waals surface area (Å²) in [6.45, 7) is 2.37. The Labute approximate surface area is 216 Å². The SMILES string of the molecule is CCOc1cc(/C=C(\C#N)C(=O)Nc2ccc(C(=O)OC)cc2)cc(Br)c1OCc1ccc(F)cc1. The molecular weight excluding hydrogens is 531 g/mol. The largest absolute Gasteiger partial charge is 0.490 e. The van der Waals surface area contributed by atoms with Crippen molar-refractivity contribution in [2.75, 3.05) is 19.0 Å². The number of hydrogen-bond acceptors (Lipinski definition) is 6. The summed E-state index contributed by atoms with van der Waals surface area (Å²) in [7, 11) is 1.28. The highest BCUT2D eigenvalue weighted by Crippen LogP contribution is 2.38. The number of carbonyl (C=O) groups excluding carboxylic acids is 2. The van der Waals surface area contributed by atoms with E-state index in [1.165, 1.54) is 49.6 Å². The van der Waals surface area contributed by atoms with E-state index in [9.17, 15) is 19.2 Å². The number of halogens is 2. The zero-order valence-corrected chi connectivity index (χ0v) is 21.1. The van der Waals surface area contributed by atoms with Crippen molar-refractivity contribution < 1.29 is 28.2 Å². The molecule has 184 valence electrons. The summed E-state index contributed by atoms with van der Waals surface area (Å²) in [4.78, 5) is 24.2. The summed E-state index contributed by atoms with van der Waals surface area (Å²) in [5.41, 5.74) is 1.92. The van der Waals surface area contributed by atoms with Gasteiger partial charge in [-0.15, -0.1) is 0 Å². The summed E-state index contributed by atoms with van der Waals surface area (Å²) < 4.78 is 30.0. The number of ether oxygens (including phenoxy) is 3. The average Bonchev–Trinajstić information content (AvgIpc) is 2.88. The van der Waals surface area contributed by atoms with E-state index in [1.54, 1.807) is 24.3 Å². The van der Waals surface area contributed by atoms with Crippen LogP contribution in [-0.2, 0) is 16.1 Å². The maximum absolute atomic E-state index is 13.2. The Kier molecular flexibility index (Phi) is 9.19. The summed E-state index contributed by atoms with van der Waals surface area (Å²) in [6.07, 6.45) is 1.43. The van der Waals surface area contributed by atoms with Gasteiger partial charge in [-0.3, -0.25) is 4.79 Å². The van der Waals surface area contributed by atoms with Crippen molar-refractivity contribution in [2.24, 2.45) is 0 Å². The molecule has 0 aliphatic rings. The molecule has 3 rings (SSSR count). The molecule has 0 aliphatic heterocycles. The van der Waals surface area contributed by atoms with Gasteiger partial charge in [-0.05, 0) is 88.6 Å². The Bertz CT molecular complexity index is 1320. The number of hydrogen-bond donors (Lipinski definition) is 1. The molecule has 0 atom stereocenters. The minimum absolute atomic E-state index is 0.138. The van der Waals surface area contributed by atoms with Crippen molar-refractivity contribution in [3.05, 3.63) is 93.2 Å². The fourth-order valence-corrected chi connectivity index (χ4v) is 3.71. The lowest BCUT2D eigenvalue weighted by Gasteiger charge is -2.15. The molecular formula is C27H22BrFN2O5. The van der Waals surface area contributed by atoms with Gasteiger partial charge in [-0.2, -0.15) is 5.26 Å². The van der Waals surface area contributed by atoms with Crippen LogP contribution < -0.4 is 14.8 Å². The van der Waals surface area contributed by atoms with Gasteiger partial charge in [0.2, 0.25) is 0 Å². The Morgan fingerprint density at radius 2 is 1.78 bits per heavy atom. The first-order valence-electron chi connectivity index (χ1n) is 10.8. The zero-order chi connectivity index (χ0) is 26.1. The average molecular weight is 553 g/mol. The monoisotopic (exact) mass is 552 g/mol. The molecule has 1 N–H and O–H groups in total. The van der Waals surface area contributed by atoms with Crippen LogP contribution in [0, 0.1) is 17.1 Å². The maximum atomic E-state index is 13.2. The Balaban J connectivity index is 1.80. The molecule has 0 saturated carbocycles. The molecule has 0 radical (unpaired) electrons. The molecule has 7 nitrogen and oxygen atoms in total. The normalized spacial score (nSPS) is 10.8. The third-order valence-electron chi connectivity index (χ3n) is 4.87. The number of esters is 1. The third kappa shape index (κ3) is 6.93. The lowest BCUT2D eigenvalue weighted by atomic mass is 10.1. The molecule has 3 aromatic rings. The van der Waals surface area contributed by atoms with E-state index >= 15 is 0 Å². The van der Waals surface area contributed by atoms with Crippen LogP contribution in [0.1, 0.15) is 28.4 Å². The molecule has 0 aromatic heterocycles. The van der Waals surface area contributed by atoms with Gasteiger partial charge in [0, 0.05) is 5.69 Å². The van der Waals surface area contributed by atoms with E-state index in [0.29, 0.717) is 39.4 Å². The van der Waals surface area contributed by atoms with Gasteiger partial charge in [-0.1, -0.05) is 12.1 Å². The van der Waals surface area contributed by atoms with Crippen molar-refractivity contribution >= 4 is 39.6 Å². The standard InChI is InChI=1S/C27H22BrFN2O5/c1-3-35-24-14-18(13-23(28)25(24)36-16-17-4-8-21(29)9-5-17)12-20(15-30)26(32)31-22-10-6-19(7-11-22)27(33)34-2/h4-14H,3,16H2,1-2H3,(H,31,32)/b20-12+. The summed E-state index contributed by atoms with van der Waals surface area (Å²) in [6, 6.07) is 17.3. The highest BCUT2D eigenvalue weighted by molar-refractivity contribution is 9.10. The first-order valence-corrected chi connectivity index (χ1v) is 11.6. The smallest absolute Gasteiger partial charge is 0.337 e. The van der Waals surface area contributed by atoms with Crippen LogP contribution in [0.5, 0.6) is 11.5 Å². The number of nitrogens with one attached hydrogen (secondary N) is 1. The predicted molar refractivity (Wildman–Crippen MR) is 136 cm³/mol. The van der Waals surface area contributed by atoms with Gasteiger partial charge in [0.05, 0.1) is 23.8 Å². The van der Waals surface area contributed by atoms with Gasteiger partial charge in [0.15, 0.2) is 11.5 Å². The third-order valence-corrected chi connectivity index (χ3v) is 5.46. The van der Waals surface area contributed by atoms with Crippen LogP contribution in [0.4, 0.5) is 10.1 Å². The number of rotatable bonds is 9. The van der Waals surface area contributed by atoms with Gasteiger partial charge in [-0.25, -0.2) is 9.18 Å². The second kappa shape index (κ2) is 12.5. The minimum atomic E-state index is -0.617. The minimum Gasteiger partial charge on any atom is -0.490 e. The van der Waals surface area contributed by atoms with Crippen LogP contribution in [0.15, 0.2) is 70.7 Å². The topological polar surface area (TPSA) is 97.7 Å². The second-order valence-corrected chi connectivity index (χ2v) is 8.23. The number of amides is 1. The molecule has 3 aromatic carbocycles. The van der Waals surface area contributed by atoms with E-state index < -0.39 is 11.9 Å². The second-order valence-electron chi connectivity index (χ2n) is 7.37. The number of nitrogens with zero attached hydrogens (tertiary/aromatic N) is 1. The molecule has 9 heteroatoms. The van der Waals surface area contributed by atoms with Crippen LogP contribution in [0.3, 0.4) is 0 Å². The predicted octanol–water partition coefficient (Wildman–Crippen LogP) is 5.90. The van der Waals surface area contributed by atoms with E-state index in [0.717, 1.165) is 5.56 Å². The van der Waals surface area contributed by atoms with E-state index in [-0.39, 0.29) is 18.0 Å². The lowest BCUT2D eigenvalue weighted by molar-refractivity contribution is -0.112. The van der Waals surface area contributed by atoms with Crippen molar-refractivity contribution in [2.45, 2.75) is 13.5 Å². The molecule has 36 heavy (non-hydrogen) atoms. The van der Waals surface area contributed by atoms with E-state index in [4.69, 9.17) is 9.47 Å². The first kappa shape index (κ1) is 26.4. The fraction of sp³-hybridized carbons (Fsp3) is 0.148. The van der Waals surface area contributed by atoms with Crippen molar-refractivity contribution in [3.63, 3.8) is 0 Å². The Morgan fingerprint density at radius 3 is 2.39 bits per heavy atom. The van der Waals surface area contributed by atoms with E-state index in [1.807, 2.05) is 13.0 Å². The highest BCUT2D eigenvalue weighted by atomic mass is 79.9. The van der Waals surface area contributed by atoms with Crippen molar-refractivity contribution in [1.82, 2.24) is 0 Å². The number of anilines is 1. The molecule has 0 bridgehead atoms. The van der Waals surface area contributed by atoms with Crippen molar-refractivity contribution in [1.29, 1.82) is 5.26 Å². The number of methoxy groups -OCH3 is 1. The number of carbonyl (C=O) groups is 2. The van der Waals surface area contributed by atoms with Crippen molar-refractivity contribution in [3.8, 4) is 17.6 Å². The molecule has 0 saturated heterocycles. The summed E-state index contributed by atoms with van der Waals surface area (Å²) in [5, 5.41) is 12.2. The molecule has 0 fully saturated rings. The van der Waals surface area contributed by atoms with Gasteiger partial charge >= 0.3 is 5.97 Å². The summed E-state index contributed by atoms with van der Waals surface area (Å²) >= 11 is 3.46. The quantitative estimate of drug-likeness (QED) is 0.201. The number of benzene rings is 3. The Morgan fingerprint density at radius 1 is 1.08 bits per heavy atom. The molecule has 0 heterocycles. The van der Waals surface area contributed by atoms with Crippen LogP contribution in [0.2, 0.25) is 0 Å². The highest BCUT2D eigenvalue weighted by Gasteiger charge is 2.15. The fourth-order valence-electron chi connectivity index (χ4n) is 3.13. The lowest BCUT2D eigenvalue weighted by Crippen LogP contribution is -2.13. The van der Waals surface area contributed by atoms with Crippen LogP contribution >= 0.6 is 15.9 Å². The zero-order valence-electron chi connectivity index (χ0n) is 19.5. The van der Waals surface area contributed by atoms with Gasteiger partial charge in [0.1, 0.15) is 24.1 Å². The molecule has 0 aliphatic carbocycles. The molecule has 1 amide bonds. The van der Waals surface area contributed by atoms with Crippen LogP contribution in [0.25, 0.3) is 6.08 Å². The Hall–Kier alpha value is -4.16. The number of nitriles is 1. The van der Waals surface area contributed by atoms with Crippen LogP contribution in [-0.4, -0.2) is 25.6 Å². The van der Waals surface area contributed by atoms with Gasteiger partial charge < -0.3 is 19.5 Å². The summed E-state index contributed by atoms with van der Waals surface area (Å²) in [5.74, 6) is -0.592. The molecule has 0 unspecified atom stereocenters. The van der Waals surface area contributed by atoms with E-state index in [2.05, 4.69) is 26.0 Å². The maximum Gasteiger partial charge on any atom is 0.337 e. The molecule has 0 spiro atoms. The van der Waals surface area contributed by atoms with Gasteiger partial charge in [0.25, 0.3) is 5.91 Å².